The highest BCUT2D eigenvalue weighted by Gasteiger charge is 2.28. The third kappa shape index (κ3) is 3.32. The number of hydrogen-bond acceptors (Lipinski definition) is 5. The van der Waals surface area contributed by atoms with Crippen LogP contribution in [0.5, 0.6) is 0 Å². The number of carbonyl (C=O) groups is 1. The second-order valence-electron chi connectivity index (χ2n) is 7.87. The molecular weight excluding hydrogens is 434 g/mol. The molecule has 3 heterocycles. The summed E-state index contributed by atoms with van der Waals surface area (Å²) in [4.78, 5) is 41.9. The van der Waals surface area contributed by atoms with Crippen molar-refractivity contribution in [1.29, 1.82) is 0 Å². The summed E-state index contributed by atoms with van der Waals surface area (Å²) in [5.41, 5.74) is 0.878. The van der Waals surface area contributed by atoms with Gasteiger partial charge in [-0.2, -0.15) is 10.1 Å². The smallest absolute Gasteiger partial charge is 0.309 e. The van der Waals surface area contributed by atoms with Crippen LogP contribution in [0.15, 0.2) is 46.0 Å². The molecule has 11 heteroatoms. The molecule has 1 amide bonds. The van der Waals surface area contributed by atoms with Crippen LogP contribution in [0.4, 0.5) is 5.82 Å². The van der Waals surface area contributed by atoms with Gasteiger partial charge in [-0.25, -0.2) is 9.48 Å². The van der Waals surface area contributed by atoms with E-state index in [2.05, 4.69) is 15.4 Å². The van der Waals surface area contributed by atoms with Gasteiger partial charge in [-0.05, 0) is 36.6 Å². The van der Waals surface area contributed by atoms with E-state index in [4.69, 9.17) is 11.6 Å². The summed E-state index contributed by atoms with van der Waals surface area (Å²) < 4.78 is 5.19. The Balaban J connectivity index is 1.50. The number of benzene rings is 1. The molecule has 0 saturated heterocycles. The Labute approximate surface area is 186 Å². The maximum Gasteiger partial charge on any atom is 0.332 e. The number of halogens is 1. The maximum absolute atomic E-state index is 13.0. The van der Waals surface area contributed by atoms with E-state index >= 15 is 0 Å². The van der Waals surface area contributed by atoms with E-state index in [-0.39, 0.29) is 23.0 Å². The van der Waals surface area contributed by atoms with Crippen molar-refractivity contribution in [2.75, 3.05) is 5.32 Å². The van der Waals surface area contributed by atoms with Gasteiger partial charge in [0, 0.05) is 26.1 Å². The quantitative estimate of drug-likeness (QED) is 0.463. The van der Waals surface area contributed by atoms with Gasteiger partial charge in [0.15, 0.2) is 11.2 Å². The summed E-state index contributed by atoms with van der Waals surface area (Å²) in [7, 11) is 2.86. The number of para-hydroxylation sites is 1. The summed E-state index contributed by atoms with van der Waals surface area (Å²) in [6, 6.07) is 11.4. The van der Waals surface area contributed by atoms with E-state index in [0.29, 0.717) is 11.7 Å². The zero-order valence-electron chi connectivity index (χ0n) is 17.4. The number of aromatic nitrogens is 6. The minimum Gasteiger partial charge on any atom is -0.309 e. The molecule has 1 aromatic carbocycles. The van der Waals surface area contributed by atoms with E-state index in [9.17, 15) is 14.4 Å². The predicted molar refractivity (Wildman–Crippen MR) is 119 cm³/mol. The second-order valence-corrected chi connectivity index (χ2v) is 8.21. The molecule has 5 rings (SSSR count). The van der Waals surface area contributed by atoms with Gasteiger partial charge in [0.25, 0.3) is 5.56 Å². The Morgan fingerprint density at radius 2 is 1.88 bits per heavy atom. The molecule has 1 N–H and O–H groups in total. The van der Waals surface area contributed by atoms with Crippen molar-refractivity contribution < 1.29 is 4.79 Å². The number of aryl methyl sites for hydroxylation is 1. The maximum atomic E-state index is 13.0. The van der Waals surface area contributed by atoms with Crippen molar-refractivity contribution in [3.05, 3.63) is 68.2 Å². The zero-order chi connectivity index (χ0) is 22.6. The fraction of sp³-hybridized carbons (Fsp3) is 0.286. The van der Waals surface area contributed by atoms with Gasteiger partial charge in [-0.1, -0.05) is 18.2 Å². The standard InChI is InChI=1S/C21H20ClN7O3/c1-26-18-17(19(31)27(2)21(26)32)28(20(22)24-18)11-16(30)23-15-10-14(12-8-9-12)25-29(15)13-6-4-3-5-7-13/h3-7,10,12H,8-9,11H2,1-2H3,(H,23,30). The Hall–Kier alpha value is -3.66. The number of nitrogens with zero attached hydrogens (tertiary/aromatic N) is 6. The first-order chi connectivity index (χ1) is 15.3. The van der Waals surface area contributed by atoms with Gasteiger partial charge in [0.1, 0.15) is 12.4 Å². The zero-order valence-corrected chi connectivity index (χ0v) is 18.2. The van der Waals surface area contributed by atoms with Gasteiger partial charge < -0.3 is 5.32 Å². The number of hydrogen-bond donors (Lipinski definition) is 1. The number of anilines is 1. The SMILES string of the molecule is Cn1c(=O)c2c(nc(Cl)n2CC(=O)Nc2cc(C3CC3)nn2-c2ccccc2)n(C)c1=O. The van der Waals surface area contributed by atoms with E-state index in [1.807, 2.05) is 36.4 Å². The lowest BCUT2D eigenvalue weighted by molar-refractivity contribution is -0.116. The summed E-state index contributed by atoms with van der Waals surface area (Å²) in [6.45, 7) is -0.249. The first-order valence-corrected chi connectivity index (χ1v) is 10.5. The highest BCUT2D eigenvalue weighted by Crippen LogP contribution is 2.40. The molecule has 0 bridgehead atoms. The van der Waals surface area contributed by atoms with Crippen LogP contribution in [-0.4, -0.2) is 34.4 Å². The minimum atomic E-state index is -0.569. The third-order valence-corrected chi connectivity index (χ3v) is 5.88. The lowest BCUT2D eigenvalue weighted by atomic mass is 10.3. The topological polar surface area (TPSA) is 109 Å². The van der Waals surface area contributed by atoms with E-state index in [0.717, 1.165) is 28.8 Å². The molecule has 4 aromatic rings. The highest BCUT2D eigenvalue weighted by atomic mass is 35.5. The summed E-state index contributed by atoms with van der Waals surface area (Å²) in [5, 5.41) is 7.50. The fourth-order valence-electron chi connectivity index (χ4n) is 3.72. The number of rotatable bonds is 5. The van der Waals surface area contributed by atoms with Crippen LogP contribution in [0.1, 0.15) is 24.5 Å². The van der Waals surface area contributed by atoms with Crippen LogP contribution in [0.3, 0.4) is 0 Å². The molecule has 1 aliphatic carbocycles. The number of nitrogens with one attached hydrogen (secondary N) is 1. The molecule has 0 spiro atoms. The van der Waals surface area contributed by atoms with Crippen molar-refractivity contribution in [3.8, 4) is 5.69 Å². The fourth-order valence-corrected chi connectivity index (χ4v) is 3.95. The van der Waals surface area contributed by atoms with Crippen LogP contribution in [0, 0.1) is 0 Å². The van der Waals surface area contributed by atoms with Crippen molar-refractivity contribution in [3.63, 3.8) is 0 Å². The summed E-state index contributed by atoms with van der Waals surface area (Å²) in [6.07, 6.45) is 2.16. The molecule has 0 aliphatic heterocycles. The van der Waals surface area contributed by atoms with Crippen LogP contribution >= 0.6 is 11.6 Å². The molecule has 1 saturated carbocycles. The molecule has 3 aromatic heterocycles. The first-order valence-electron chi connectivity index (χ1n) is 10.1. The van der Waals surface area contributed by atoms with Gasteiger partial charge in [-0.3, -0.25) is 23.3 Å². The predicted octanol–water partition coefficient (Wildman–Crippen LogP) is 1.79. The van der Waals surface area contributed by atoms with Gasteiger partial charge >= 0.3 is 5.69 Å². The van der Waals surface area contributed by atoms with Gasteiger partial charge in [0.2, 0.25) is 11.2 Å². The van der Waals surface area contributed by atoms with Crippen LogP contribution < -0.4 is 16.6 Å². The van der Waals surface area contributed by atoms with Crippen molar-refractivity contribution in [2.45, 2.75) is 25.3 Å². The normalized spacial score (nSPS) is 13.6. The number of imidazole rings is 1. The molecule has 10 nitrogen and oxygen atoms in total. The molecule has 164 valence electrons. The molecule has 0 unspecified atom stereocenters. The monoisotopic (exact) mass is 453 g/mol. The van der Waals surface area contributed by atoms with E-state index in [1.165, 1.54) is 23.2 Å². The summed E-state index contributed by atoms with van der Waals surface area (Å²) in [5.74, 6) is 0.539. The largest absolute Gasteiger partial charge is 0.332 e. The molecule has 1 aliphatic rings. The Morgan fingerprint density at radius 1 is 1.16 bits per heavy atom. The molecule has 0 radical (unpaired) electrons. The average Bonchev–Trinajstić information content (AvgIpc) is 3.48. The Kier molecular flexibility index (Phi) is 4.74. The summed E-state index contributed by atoms with van der Waals surface area (Å²) >= 11 is 6.24. The highest BCUT2D eigenvalue weighted by molar-refractivity contribution is 6.29. The number of carbonyl (C=O) groups excluding carboxylic acids is 1. The Morgan fingerprint density at radius 3 is 2.56 bits per heavy atom. The lowest BCUT2D eigenvalue weighted by Crippen LogP contribution is -2.37. The number of amides is 1. The Bertz CT molecular complexity index is 1480. The van der Waals surface area contributed by atoms with Crippen LogP contribution in [0.2, 0.25) is 5.28 Å². The molecular formula is C21H20ClN7O3. The van der Waals surface area contributed by atoms with Gasteiger partial charge in [0.05, 0.1) is 11.4 Å². The van der Waals surface area contributed by atoms with Crippen molar-refractivity contribution >= 4 is 34.5 Å². The third-order valence-electron chi connectivity index (χ3n) is 5.60. The molecule has 32 heavy (non-hydrogen) atoms. The minimum absolute atomic E-state index is 0.0521. The van der Waals surface area contributed by atoms with Crippen LogP contribution in [-0.2, 0) is 25.4 Å². The van der Waals surface area contributed by atoms with E-state index < -0.39 is 17.2 Å². The lowest BCUT2D eigenvalue weighted by Gasteiger charge is -2.10. The number of fused-ring (bicyclic) bond motifs is 1. The van der Waals surface area contributed by atoms with Crippen molar-refractivity contribution in [2.24, 2.45) is 14.1 Å². The molecule has 0 atom stereocenters. The van der Waals surface area contributed by atoms with Crippen LogP contribution in [0.25, 0.3) is 16.9 Å². The molecule has 1 fully saturated rings. The average molecular weight is 454 g/mol. The van der Waals surface area contributed by atoms with Gasteiger partial charge in [-0.15, -0.1) is 0 Å². The van der Waals surface area contributed by atoms with Crippen molar-refractivity contribution in [1.82, 2.24) is 28.5 Å². The van der Waals surface area contributed by atoms with E-state index in [1.54, 1.807) is 4.68 Å². The second kappa shape index (κ2) is 7.49. The first kappa shape index (κ1) is 20.3.